The quantitative estimate of drug-likeness (QED) is 0.318. The smallest absolute Gasteiger partial charge is 0.241 e. The van der Waals surface area contributed by atoms with Gasteiger partial charge in [-0.2, -0.15) is 4.72 Å². The van der Waals surface area contributed by atoms with Crippen LogP contribution in [0.2, 0.25) is 0 Å². The van der Waals surface area contributed by atoms with Crippen molar-refractivity contribution >= 4 is 32.6 Å². The maximum absolute atomic E-state index is 13.5. The molecule has 204 valence electrons. The van der Waals surface area contributed by atoms with Crippen LogP contribution in [0.25, 0.3) is 10.8 Å². The lowest BCUT2D eigenvalue weighted by molar-refractivity contribution is -0.141. The van der Waals surface area contributed by atoms with E-state index >= 15 is 0 Å². The third-order valence-electron chi connectivity index (χ3n) is 6.53. The monoisotopic (exact) mass is 531 g/mol. The first-order chi connectivity index (χ1) is 17.4. The number of fused-ring (bicyclic) bond motifs is 1. The van der Waals surface area contributed by atoms with Crippen molar-refractivity contribution in [2.24, 2.45) is 16.9 Å². The van der Waals surface area contributed by atoms with Crippen LogP contribution >= 0.6 is 0 Å². The molecule has 5 N–H and O–H groups in total. The third-order valence-corrected chi connectivity index (χ3v) is 8.00. The number of unbranched alkanes of at least 4 members (excludes halogenated alkanes) is 1. The minimum atomic E-state index is -3.94. The van der Waals surface area contributed by atoms with Crippen molar-refractivity contribution in [3.63, 3.8) is 0 Å². The van der Waals surface area contributed by atoms with Gasteiger partial charge in [-0.1, -0.05) is 63.9 Å². The Labute approximate surface area is 220 Å². The Morgan fingerprint density at radius 3 is 2.14 bits per heavy atom. The van der Waals surface area contributed by atoms with E-state index < -0.39 is 22.2 Å². The van der Waals surface area contributed by atoms with Crippen LogP contribution in [0, 0.1) is 5.41 Å². The molecule has 0 saturated carbocycles. The van der Waals surface area contributed by atoms with Crippen molar-refractivity contribution in [2.75, 3.05) is 26.2 Å². The van der Waals surface area contributed by atoms with E-state index in [1.807, 2.05) is 45.0 Å². The summed E-state index contributed by atoms with van der Waals surface area (Å²) in [6.45, 7) is 7.68. The van der Waals surface area contributed by atoms with Gasteiger partial charge in [-0.05, 0) is 41.2 Å². The largest absolute Gasteiger partial charge is 0.339 e. The van der Waals surface area contributed by atoms with Crippen molar-refractivity contribution in [3.05, 3.63) is 42.5 Å². The van der Waals surface area contributed by atoms with Gasteiger partial charge in [0.1, 0.15) is 6.04 Å². The molecule has 1 aliphatic heterocycles. The van der Waals surface area contributed by atoms with E-state index in [-0.39, 0.29) is 22.1 Å². The lowest BCUT2D eigenvalue weighted by Crippen LogP contribution is -2.56. The maximum Gasteiger partial charge on any atom is 0.241 e. The van der Waals surface area contributed by atoms with Gasteiger partial charge in [0.05, 0.1) is 11.1 Å². The summed E-state index contributed by atoms with van der Waals surface area (Å²) in [7, 11) is -3.94. The van der Waals surface area contributed by atoms with Gasteiger partial charge in [0.15, 0.2) is 0 Å². The Bertz CT molecular complexity index is 1180. The van der Waals surface area contributed by atoms with Gasteiger partial charge < -0.3 is 21.3 Å². The summed E-state index contributed by atoms with van der Waals surface area (Å²) in [6.07, 6.45) is 2.22. The maximum atomic E-state index is 13.5. The molecular weight excluding hydrogens is 490 g/mol. The molecule has 0 radical (unpaired) electrons. The molecule has 1 atom stereocenters. The number of carbonyl (C=O) groups excluding carboxylic acids is 2. The Hall–Kier alpha value is -2.53. The molecule has 10 heteroatoms. The SMILES string of the molecule is CC(C)(C)CC(=O)N1CCN(C(=O)[C@H](CCCCC(N)N)NS(=O)(=O)c2ccc3ccccc3c2)CC1. The number of sulfonamides is 1. The van der Waals surface area contributed by atoms with Gasteiger partial charge in [0.2, 0.25) is 21.8 Å². The van der Waals surface area contributed by atoms with Crippen LogP contribution in [0.15, 0.2) is 47.4 Å². The van der Waals surface area contributed by atoms with Crippen molar-refractivity contribution in [1.82, 2.24) is 14.5 Å². The zero-order valence-electron chi connectivity index (χ0n) is 22.2. The number of nitrogens with one attached hydrogen (secondary N) is 1. The molecule has 37 heavy (non-hydrogen) atoms. The van der Waals surface area contributed by atoms with E-state index in [4.69, 9.17) is 11.5 Å². The average Bonchev–Trinajstić information content (AvgIpc) is 2.84. The van der Waals surface area contributed by atoms with Gasteiger partial charge >= 0.3 is 0 Å². The fourth-order valence-corrected chi connectivity index (χ4v) is 5.77. The molecular formula is C27H41N5O4S. The molecule has 9 nitrogen and oxygen atoms in total. The summed E-state index contributed by atoms with van der Waals surface area (Å²) in [5.41, 5.74) is 11.2. The molecule has 1 heterocycles. The average molecular weight is 532 g/mol. The number of hydrogen-bond acceptors (Lipinski definition) is 6. The Balaban J connectivity index is 1.71. The predicted octanol–water partition coefficient (Wildman–Crippen LogP) is 2.40. The summed E-state index contributed by atoms with van der Waals surface area (Å²) in [6, 6.07) is 11.5. The molecule has 2 aromatic carbocycles. The van der Waals surface area contributed by atoms with Crippen LogP contribution in [-0.4, -0.2) is 68.4 Å². The minimum absolute atomic E-state index is 0.0753. The molecule has 0 spiro atoms. The molecule has 1 aliphatic rings. The highest BCUT2D eigenvalue weighted by atomic mass is 32.2. The zero-order chi connectivity index (χ0) is 27.2. The van der Waals surface area contributed by atoms with E-state index in [2.05, 4.69) is 4.72 Å². The molecule has 2 aromatic rings. The van der Waals surface area contributed by atoms with Crippen LogP contribution in [0.5, 0.6) is 0 Å². The molecule has 1 fully saturated rings. The highest BCUT2D eigenvalue weighted by molar-refractivity contribution is 7.89. The van der Waals surface area contributed by atoms with Crippen molar-refractivity contribution in [3.8, 4) is 0 Å². The topological polar surface area (TPSA) is 139 Å². The second-order valence-corrected chi connectivity index (χ2v) is 12.8. The van der Waals surface area contributed by atoms with Gasteiger partial charge in [-0.3, -0.25) is 9.59 Å². The summed E-state index contributed by atoms with van der Waals surface area (Å²) in [5, 5.41) is 1.74. The highest BCUT2D eigenvalue weighted by Crippen LogP contribution is 2.22. The highest BCUT2D eigenvalue weighted by Gasteiger charge is 2.32. The Kier molecular flexibility index (Phi) is 9.68. The Morgan fingerprint density at radius 2 is 1.51 bits per heavy atom. The van der Waals surface area contributed by atoms with E-state index in [9.17, 15) is 18.0 Å². The lowest BCUT2D eigenvalue weighted by atomic mass is 9.91. The first kappa shape index (κ1) is 29.0. The van der Waals surface area contributed by atoms with Crippen LogP contribution in [-0.2, 0) is 19.6 Å². The van der Waals surface area contributed by atoms with Gasteiger partial charge in [0.25, 0.3) is 0 Å². The molecule has 0 unspecified atom stereocenters. The molecule has 1 saturated heterocycles. The van der Waals surface area contributed by atoms with Crippen LogP contribution in [0.1, 0.15) is 52.9 Å². The Morgan fingerprint density at radius 1 is 0.919 bits per heavy atom. The standard InChI is InChI=1S/C27H41N5O4S/c1-27(2,3)19-25(33)31-14-16-32(17-15-31)26(34)23(10-6-7-11-24(28)29)30-37(35,36)22-13-12-20-8-4-5-9-21(20)18-22/h4-5,8-9,12-13,18,23-24,30H,6-7,10-11,14-17,19,28-29H2,1-3H3/t23-/m0/s1. The van der Waals surface area contributed by atoms with E-state index in [0.717, 1.165) is 10.8 Å². The first-order valence-corrected chi connectivity index (χ1v) is 14.4. The normalized spacial score (nSPS) is 15.8. The summed E-state index contributed by atoms with van der Waals surface area (Å²) < 4.78 is 29.3. The number of benzene rings is 2. The van der Waals surface area contributed by atoms with Gasteiger partial charge in [0, 0.05) is 32.6 Å². The van der Waals surface area contributed by atoms with E-state index in [1.54, 1.807) is 28.0 Å². The fourth-order valence-electron chi connectivity index (χ4n) is 4.51. The van der Waals surface area contributed by atoms with Crippen molar-refractivity contribution < 1.29 is 18.0 Å². The molecule has 0 bridgehead atoms. The number of amides is 2. The predicted molar refractivity (Wildman–Crippen MR) is 146 cm³/mol. The lowest BCUT2D eigenvalue weighted by Gasteiger charge is -2.37. The van der Waals surface area contributed by atoms with Crippen LogP contribution in [0.4, 0.5) is 0 Å². The third kappa shape index (κ3) is 8.49. The van der Waals surface area contributed by atoms with Crippen molar-refractivity contribution in [2.45, 2.75) is 70.0 Å². The number of nitrogens with two attached hydrogens (primary N) is 2. The number of hydrogen-bond donors (Lipinski definition) is 3. The van der Waals surface area contributed by atoms with Gasteiger partial charge in [-0.15, -0.1) is 0 Å². The van der Waals surface area contributed by atoms with E-state index in [1.165, 1.54) is 0 Å². The van der Waals surface area contributed by atoms with Gasteiger partial charge in [-0.25, -0.2) is 8.42 Å². The molecule has 3 rings (SSSR count). The molecule has 0 aliphatic carbocycles. The van der Waals surface area contributed by atoms with Crippen LogP contribution in [0.3, 0.4) is 0 Å². The number of rotatable bonds is 10. The zero-order valence-corrected chi connectivity index (χ0v) is 23.0. The van der Waals surface area contributed by atoms with Crippen LogP contribution < -0.4 is 16.2 Å². The number of carbonyl (C=O) groups is 2. The van der Waals surface area contributed by atoms with E-state index in [0.29, 0.717) is 58.3 Å². The number of nitrogens with zero attached hydrogens (tertiary/aromatic N) is 2. The second-order valence-electron chi connectivity index (χ2n) is 11.1. The van der Waals surface area contributed by atoms with Crippen molar-refractivity contribution in [1.29, 1.82) is 0 Å². The summed E-state index contributed by atoms with van der Waals surface area (Å²) in [5.74, 6) is -0.199. The molecule has 0 aromatic heterocycles. The summed E-state index contributed by atoms with van der Waals surface area (Å²) in [4.78, 5) is 29.7. The fraction of sp³-hybridized carbons (Fsp3) is 0.556. The summed E-state index contributed by atoms with van der Waals surface area (Å²) >= 11 is 0. The minimum Gasteiger partial charge on any atom is -0.339 e. The first-order valence-electron chi connectivity index (χ1n) is 12.9. The second kappa shape index (κ2) is 12.3. The number of piperazine rings is 1. The molecule has 2 amide bonds.